The summed E-state index contributed by atoms with van der Waals surface area (Å²) in [6.45, 7) is 8.28. The van der Waals surface area contributed by atoms with Gasteiger partial charge in [-0.3, -0.25) is 4.79 Å². The van der Waals surface area contributed by atoms with Crippen LogP contribution in [-0.2, 0) is 16.1 Å². The van der Waals surface area contributed by atoms with E-state index in [-0.39, 0.29) is 18.3 Å². The third kappa shape index (κ3) is 3.38. The molecule has 0 heterocycles. The van der Waals surface area contributed by atoms with Crippen molar-refractivity contribution in [2.75, 3.05) is 0 Å². The molecule has 0 saturated heterocycles. The van der Waals surface area contributed by atoms with Gasteiger partial charge in [0.15, 0.2) is 0 Å². The van der Waals surface area contributed by atoms with Crippen molar-refractivity contribution < 1.29 is 14.6 Å². The summed E-state index contributed by atoms with van der Waals surface area (Å²) in [6, 6.07) is 5.29. The van der Waals surface area contributed by atoms with Crippen LogP contribution < -0.4 is 5.19 Å². The molecule has 1 N–H and O–H groups in total. The maximum atomic E-state index is 10.8. The molecule has 0 aliphatic rings. The van der Waals surface area contributed by atoms with Gasteiger partial charge in [-0.25, -0.2) is 0 Å². The Bertz CT molecular complexity index is 394. The van der Waals surface area contributed by atoms with E-state index in [4.69, 9.17) is 4.74 Å². The first kappa shape index (κ1) is 12.8. The Balaban J connectivity index is 3.04. The normalized spacial score (nSPS) is 11.2. The lowest BCUT2D eigenvalue weighted by Crippen LogP contribution is -2.40. The average molecular weight is 238 g/mol. The fourth-order valence-electron chi connectivity index (χ4n) is 1.61. The lowest BCUT2D eigenvalue weighted by atomic mass is 10.2. The van der Waals surface area contributed by atoms with Crippen molar-refractivity contribution in [1.29, 1.82) is 0 Å². The molecule has 0 unspecified atom stereocenters. The Morgan fingerprint density at radius 2 is 2.00 bits per heavy atom. The van der Waals surface area contributed by atoms with Crippen LogP contribution in [0.2, 0.25) is 19.6 Å². The van der Waals surface area contributed by atoms with E-state index >= 15 is 0 Å². The highest BCUT2D eigenvalue weighted by Crippen LogP contribution is 2.15. The quantitative estimate of drug-likeness (QED) is 0.647. The van der Waals surface area contributed by atoms with E-state index in [0.29, 0.717) is 0 Å². The van der Waals surface area contributed by atoms with E-state index < -0.39 is 8.07 Å². The van der Waals surface area contributed by atoms with Crippen LogP contribution in [0.1, 0.15) is 12.5 Å². The van der Waals surface area contributed by atoms with Crippen LogP contribution in [0.4, 0.5) is 0 Å². The minimum Gasteiger partial charge on any atom is -0.508 e. The van der Waals surface area contributed by atoms with Gasteiger partial charge in [-0.1, -0.05) is 30.9 Å². The number of phenols is 1. The first-order valence-corrected chi connectivity index (χ1v) is 8.76. The largest absolute Gasteiger partial charge is 0.508 e. The lowest BCUT2D eigenvalue weighted by molar-refractivity contribution is -0.142. The van der Waals surface area contributed by atoms with E-state index in [9.17, 15) is 9.90 Å². The van der Waals surface area contributed by atoms with E-state index in [2.05, 4.69) is 19.6 Å². The molecule has 0 aliphatic carbocycles. The van der Waals surface area contributed by atoms with Crippen LogP contribution in [0.3, 0.4) is 0 Å². The van der Waals surface area contributed by atoms with E-state index in [1.54, 1.807) is 12.1 Å². The molecule has 0 spiro atoms. The molecule has 0 fully saturated rings. The van der Waals surface area contributed by atoms with Crippen LogP contribution in [0, 0.1) is 0 Å². The molecule has 88 valence electrons. The topological polar surface area (TPSA) is 46.5 Å². The zero-order valence-corrected chi connectivity index (χ0v) is 11.2. The van der Waals surface area contributed by atoms with Crippen molar-refractivity contribution in [3.63, 3.8) is 0 Å². The van der Waals surface area contributed by atoms with Gasteiger partial charge >= 0.3 is 5.97 Å². The zero-order valence-electron chi connectivity index (χ0n) is 10.2. The van der Waals surface area contributed by atoms with Crippen molar-refractivity contribution in [1.82, 2.24) is 0 Å². The molecule has 0 amide bonds. The molecular formula is C12H18O3Si. The number of aromatic hydroxyl groups is 1. The molecule has 0 aromatic heterocycles. The second-order valence-corrected chi connectivity index (χ2v) is 9.91. The van der Waals surface area contributed by atoms with Crippen LogP contribution in [0.5, 0.6) is 5.75 Å². The Morgan fingerprint density at radius 3 is 2.50 bits per heavy atom. The summed E-state index contributed by atoms with van der Waals surface area (Å²) in [7, 11) is -1.48. The number of rotatable bonds is 3. The first-order valence-electron chi connectivity index (χ1n) is 5.26. The van der Waals surface area contributed by atoms with Gasteiger partial charge in [0.05, 0.1) is 8.07 Å². The number of hydrogen-bond acceptors (Lipinski definition) is 3. The SMILES string of the molecule is CC(=O)OCc1cc(O)ccc1[Si](C)(C)C. The molecule has 3 nitrogen and oxygen atoms in total. The molecule has 16 heavy (non-hydrogen) atoms. The summed E-state index contributed by atoms with van der Waals surface area (Å²) in [5.74, 6) is -0.0889. The predicted octanol–water partition coefficient (Wildman–Crippen LogP) is 2.00. The number of esters is 1. The number of benzene rings is 1. The Morgan fingerprint density at radius 1 is 1.38 bits per heavy atom. The summed E-state index contributed by atoms with van der Waals surface area (Å²) in [5.41, 5.74) is 0.911. The molecule has 0 atom stereocenters. The Labute approximate surface area is 97.1 Å². The van der Waals surface area contributed by atoms with Crippen molar-refractivity contribution >= 4 is 19.2 Å². The van der Waals surface area contributed by atoms with Gasteiger partial charge in [-0.05, 0) is 17.7 Å². The van der Waals surface area contributed by atoms with Crippen molar-refractivity contribution in [3.8, 4) is 5.75 Å². The fraction of sp³-hybridized carbons (Fsp3) is 0.417. The molecular weight excluding hydrogens is 220 g/mol. The van der Waals surface area contributed by atoms with Gasteiger partial charge < -0.3 is 9.84 Å². The van der Waals surface area contributed by atoms with E-state index in [0.717, 1.165) is 5.56 Å². The number of carbonyl (C=O) groups excluding carboxylic acids is 1. The van der Waals surface area contributed by atoms with Crippen LogP contribution in [0.25, 0.3) is 0 Å². The number of hydrogen-bond donors (Lipinski definition) is 1. The van der Waals surface area contributed by atoms with Crippen LogP contribution in [-0.4, -0.2) is 19.1 Å². The molecule has 0 aliphatic heterocycles. The molecule has 1 aromatic rings. The number of ether oxygens (including phenoxy) is 1. The molecule has 1 aromatic carbocycles. The molecule has 0 bridgehead atoms. The third-order valence-electron chi connectivity index (χ3n) is 2.33. The van der Waals surface area contributed by atoms with Gasteiger partial charge in [-0.15, -0.1) is 0 Å². The Hall–Kier alpha value is -1.29. The minimum atomic E-state index is -1.48. The molecule has 0 radical (unpaired) electrons. The van der Waals surface area contributed by atoms with E-state index in [1.807, 2.05) is 6.07 Å². The summed E-state index contributed by atoms with van der Waals surface area (Å²) >= 11 is 0. The van der Waals surface area contributed by atoms with Gasteiger partial charge in [0, 0.05) is 6.92 Å². The van der Waals surface area contributed by atoms with Crippen LogP contribution >= 0.6 is 0 Å². The highest BCUT2D eigenvalue weighted by atomic mass is 28.3. The van der Waals surface area contributed by atoms with Gasteiger partial charge in [0.1, 0.15) is 12.4 Å². The van der Waals surface area contributed by atoms with Crippen LogP contribution in [0.15, 0.2) is 18.2 Å². The molecule has 0 saturated carbocycles. The zero-order chi connectivity index (χ0) is 12.3. The fourth-order valence-corrected chi connectivity index (χ4v) is 3.30. The van der Waals surface area contributed by atoms with Gasteiger partial charge in [0.2, 0.25) is 0 Å². The second-order valence-electron chi connectivity index (χ2n) is 4.87. The maximum absolute atomic E-state index is 10.8. The summed E-state index contributed by atoms with van der Waals surface area (Å²) < 4.78 is 4.99. The Kier molecular flexibility index (Phi) is 3.75. The van der Waals surface area contributed by atoms with Crippen molar-refractivity contribution in [2.24, 2.45) is 0 Å². The minimum absolute atomic E-state index is 0.212. The van der Waals surface area contributed by atoms with E-state index in [1.165, 1.54) is 12.1 Å². The highest BCUT2D eigenvalue weighted by Gasteiger charge is 2.20. The lowest BCUT2D eigenvalue weighted by Gasteiger charge is -2.21. The maximum Gasteiger partial charge on any atom is 0.302 e. The summed E-state index contributed by atoms with van der Waals surface area (Å²) in [5, 5.41) is 10.7. The molecule has 1 rings (SSSR count). The van der Waals surface area contributed by atoms with Gasteiger partial charge in [0.25, 0.3) is 0 Å². The van der Waals surface area contributed by atoms with Gasteiger partial charge in [-0.2, -0.15) is 0 Å². The van der Waals surface area contributed by atoms with Crippen molar-refractivity contribution in [3.05, 3.63) is 23.8 Å². The smallest absolute Gasteiger partial charge is 0.302 e. The third-order valence-corrected chi connectivity index (χ3v) is 4.43. The first-order chi connectivity index (χ1) is 7.30. The number of carbonyl (C=O) groups is 1. The number of phenolic OH excluding ortho intramolecular Hbond substituents is 1. The summed E-state index contributed by atoms with van der Waals surface area (Å²) in [6.07, 6.45) is 0. The predicted molar refractivity (Wildman–Crippen MR) is 66.6 cm³/mol. The van der Waals surface area contributed by atoms with Crippen molar-refractivity contribution in [2.45, 2.75) is 33.2 Å². The summed E-state index contributed by atoms with van der Waals surface area (Å²) in [4.78, 5) is 10.8. The monoisotopic (exact) mass is 238 g/mol. The highest BCUT2D eigenvalue weighted by molar-refractivity contribution is 6.89. The second kappa shape index (κ2) is 4.70. The molecule has 4 heteroatoms. The average Bonchev–Trinajstić information content (AvgIpc) is 2.12. The standard InChI is InChI=1S/C12H18O3Si/c1-9(13)15-8-10-7-11(14)5-6-12(10)16(2,3)4/h5-7,14H,8H2,1-4H3.